The van der Waals surface area contributed by atoms with Gasteiger partial charge < -0.3 is 30.3 Å². The zero-order chi connectivity index (χ0) is 26.3. The number of nitrogens with zero attached hydrogens (tertiary/aromatic N) is 4. The highest BCUT2D eigenvalue weighted by Crippen LogP contribution is 2.25. The number of H-pyrrole nitrogens is 1. The monoisotopic (exact) mass is 579 g/mol. The third kappa shape index (κ3) is 5.90. The van der Waals surface area contributed by atoms with Crippen LogP contribution in [-0.2, 0) is 13.0 Å². The van der Waals surface area contributed by atoms with Crippen molar-refractivity contribution in [2.24, 2.45) is 0 Å². The Labute approximate surface area is 236 Å². The van der Waals surface area contributed by atoms with E-state index in [1.54, 1.807) is 37.2 Å². The number of nitrogens with one attached hydrogen (secondary N) is 3. The van der Waals surface area contributed by atoms with E-state index in [-0.39, 0.29) is 42.8 Å². The fourth-order valence-corrected chi connectivity index (χ4v) is 6.12. The Hall–Kier alpha value is -2.86. The first-order chi connectivity index (χ1) is 17.7. The fraction of sp³-hybridized carbons (Fsp3) is 0.440. The van der Waals surface area contributed by atoms with Gasteiger partial charge in [0, 0.05) is 67.5 Å². The van der Waals surface area contributed by atoms with Crippen molar-refractivity contribution in [1.29, 1.82) is 0 Å². The minimum atomic E-state index is -0.475. The molecule has 2 unspecified atom stereocenters. The van der Waals surface area contributed by atoms with Crippen LogP contribution in [0.3, 0.4) is 0 Å². The maximum absolute atomic E-state index is 13.3. The lowest BCUT2D eigenvalue weighted by Gasteiger charge is -2.39. The van der Waals surface area contributed by atoms with Gasteiger partial charge in [-0.2, -0.15) is 0 Å². The SMILES string of the molecule is CN1CCc2nc(C(=O)NC3CN(C(=O)N(C)C)CCC3NC(=O)c3cc4cc(Cl)ccc4[nH]3)sc2C1.Cl. The van der Waals surface area contributed by atoms with Gasteiger partial charge in [0.15, 0.2) is 5.01 Å². The van der Waals surface area contributed by atoms with Crippen LogP contribution >= 0.6 is 35.3 Å². The number of carbonyl (C=O) groups is 3. The third-order valence-electron chi connectivity index (χ3n) is 6.84. The van der Waals surface area contributed by atoms with Gasteiger partial charge in [-0.05, 0) is 37.7 Å². The van der Waals surface area contributed by atoms with Crippen molar-refractivity contribution in [1.82, 2.24) is 35.3 Å². The number of fused-ring (bicyclic) bond motifs is 2. The largest absolute Gasteiger partial charge is 0.351 e. The molecule has 13 heteroatoms. The number of aromatic nitrogens is 2. The Balaban J connectivity index is 0.00000336. The molecule has 0 radical (unpaired) electrons. The number of urea groups is 1. The van der Waals surface area contributed by atoms with Crippen molar-refractivity contribution in [3.8, 4) is 0 Å². The fourth-order valence-electron chi connectivity index (χ4n) is 4.85. The maximum Gasteiger partial charge on any atom is 0.319 e. The van der Waals surface area contributed by atoms with Crippen LogP contribution in [0.15, 0.2) is 24.3 Å². The van der Waals surface area contributed by atoms with E-state index in [0.29, 0.717) is 28.7 Å². The van der Waals surface area contributed by atoms with Gasteiger partial charge in [0.25, 0.3) is 11.8 Å². The highest BCUT2D eigenvalue weighted by molar-refractivity contribution is 7.13. The first-order valence-electron chi connectivity index (χ1n) is 12.2. The maximum atomic E-state index is 13.3. The molecule has 1 saturated heterocycles. The molecule has 0 spiro atoms. The van der Waals surface area contributed by atoms with Gasteiger partial charge in [0.05, 0.1) is 17.8 Å². The number of rotatable bonds is 4. The third-order valence-corrected chi connectivity index (χ3v) is 8.16. The molecule has 2 aliphatic heterocycles. The number of likely N-dealkylation sites (N-methyl/N-ethyl adjacent to an activating group) is 1. The first-order valence-corrected chi connectivity index (χ1v) is 13.4. The molecule has 4 heterocycles. The first kappa shape index (κ1) is 28.2. The van der Waals surface area contributed by atoms with Gasteiger partial charge in [-0.15, -0.1) is 23.7 Å². The van der Waals surface area contributed by atoms with Gasteiger partial charge in [-0.3, -0.25) is 9.59 Å². The van der Waals surface area contributed by atoms with Gasteiger partial charge in [-0.25, -0.2) is 9.78 Å². The predicted molar refractivity (Wildman–Crippen MR) is 150 cm³/mol. The molecule has 4 amide bonds. The van der Waals surface area contributed by atoms with E-state index >= 15 is 0 Å². The van der Waals surface area contributed by atoms with Crippen molar-refractivity contribution in [2.75, 3.05) is 40.8 Å². The number of carbonyl (C=O) groups excluding carboxylic acids is 3. The second-order valence-corrected chi connectivity index (χ2v) is 11.4. The zero-order valence-corrected chi connectivity index (χ0v) is 23.8. The molecule has 1 fully saturated rings. The van der Waals surface area contributed by atoms with Gasteiger partial charge in [0.2, 0.25) is 0 Å². The topological polar surface area (TPSA) is 114 Å². The molecule has 1 aromatic carbocycles. The minimum Gasteiger partial charge on any atom is -0.351 e. The summed E-state index contributed by atoms with van der Waals surface area (Å²) in [6.45, 7) is 2.44. The van der Waals surface area contributed by atoms with Gasteiger partial charge in [-0.1, -0.05) is 11.6 Å². The van der Waals surface area contributed by atoms with Gasteiger partial charge in [0.1, 0.15) is 5.69 Å². The lowest BCUT2D eigenvalue weighted by molar-refractivity contribution is 0.0814. The molecule has 0 bridgehead atoms. The molecule has 38 heavy (non-hydrogen) atoms. The smallest absolute Gasteiger partial charge is 0.319 e. The molecule has 3 N–H and O–H groups in total. The van der Waals surface area contributed by atoms with Crippen LogP contribution in [0.5, 0.6) is 0 Å². The lowest BCUT2D eigenvalue weighted by atomic mass is 9.98. The van der Waals surface area contributed by atoms with Crippen LogP contribution in [0.2, 0.25) is 5.02 Å². The zero-order valence-electron chi connectivity index (χ0n) is 21.4. The number of benzene rings is 1. The summed E-state index contributed by atoms with van der Waals surface area (Å²) in [4.78, 5) is 53.3. The Bertz CT molecular complexity index is 1360. The van der Waals surface area contributed by atoms with Crippen molar-refractivity contribution < 1.29 is 14.4 Å². The molecule has 3 aromatic rings. The van der Waals surface area contributed by atoms with Crippen LogP contribution in [0.4, 0.5) is 4.79 Å². The average molecular weight is 581 g/mol. The predicted octanol–water partition coefficient (Wildman–Crippen LogP) is 2.97. The van der Waals surface area contributed by atoms with Crippen LogP contribution < -0.4 is 10.6 Å². The number of amides is 4. The van der Waals surface area contributed by atoms with Crippen molar-refractivity contribution in [3.63, 3.8) is 0 Å². The van der Waals surface area contributed by atoms with Crippen molar-refractivity contribution in [3.05, 3.63) is 50.6 Å². The number of halogens is 2. The molecule has 2 atom stereocenters. The highest BCUT2D eigenvalue weighted by atomic mass is 35.5. The summed E-state index contributed by atoms with van der Waals surface area (Å²) in [5.74, 6) is -0.567. The molecular weight excluding hydrogens is 549 g/mol. The van der Waals surface area contributed by atoms with E-state index in [1.807, 2.05) is 6.07 Å². The number of likely N-dealkylation sites (tertiary alicyclic amines) is 1. The standard InChI is InChI=1S/C25H30ClN7O3S.ClH/c1-31(2)25(36)33-9-7-17(28-22(34)19-11-14-10-15(26)4-5-16(14)27-19)20(12-33)29-23(35)24-30-18-6-8-32(3)13-21(18)37-24;/h4-5,10-11,17,20,27H,6-9,12-13H2,1-3H3,(H,28,34)(H,29,35);1H. The lowest BCUT2D eigenvalue weighted by Crippen LogP contribution is -2.62. The summed E-state index contributed by atoms with van der Waals surface area (Å²) in [7, 11) is 5.45. The Morgan fingerprint density at radius 3 is 2.66 bits per heavy atom. The molecule has 2 aromatic heterocycles. The van der Waals surface area contributed by atoms with Crippen LogP contribution in [0.1, 0.15) is 37.3 Å². The molecule has 2 aliphatic rings. The molecule has 5 rings (SSSR count). The minimum absolute atomic E-state index is 0. The second-order valence-electron chi connectivity index (χ2n) is 9.86. The average Bonchev–Trinajstić information content (AvgIpc) is 3.48. The molecule has 10 nitrogen and oxygen atoms in total. The quantitative estimate of drug-likeness (QED) is 0.439. The Kier molecular flexibility index (Phi) is 8.51. The van der Waals surface area contributed by atoms with E-state index in [1.165, 1.54) is 16.2 Å². The summed E-state index contributed by atoms with van der Waals surface area (Å²) >= 11 is 7.49. The van der Waals surface area contributed by atoms with Crippen LogP contribution in [-0.4, -0.2) is 95.4 Å². The summed E-state index contributed by atoms with van der Waals surface area (Å²) in [5.41, 5.74) is 2.19. The van der Waals surface area contributed by atoms with E-state index in [2.05, 4.69) is 32.5 Å². The van der Waals surface area contributed by atoms with E-state index in [9.17, 15) is 14.4 Å². The highest BCUT2D eigenvalue weighted by Gasteiger charge is 2.35. The summed E-state index contributed by atoms with van der Waals surface area (Å²) in [5, 5.41) is 7.97. The van der Waals surface area contributed by atoms with E-state index in [0.717, 1.165) is 41.0 Å². The van der Waals surface area contributed by atoms with Gasteiger partial charge >= 0.3 is 6.03 Å². The molecule has 204 valence electrons. The Morgan fingerprint density at radius 1 is 1.13 bits per heavy atom. The van der Waals surface area contributed by atoms with Crippen molar-refractivity contribution in [2.45, 2.75) is 31.5 Å². The number of hydrogen-bond donors (Lipinski definition) is 3. The Morgan fingerprint density at radius 2 is 1.89 bits per heavy atom. The van der Waals surface area contributed by atoms with Crippen LogP contribution in [0.25, 0.3) is 10.9 Å². The number of aromatic amines is 1. The van der Waals surface area contributed by atoms with Crippen molar-refractivity contribution >= 4 is 64.1 Å². The van der Waals surface area contributed by atoms with E-state index in [4.69, 9.17) is 11.6 Å². The molecule has 0 saturated carbocycles. The van der Waals surface area contributed by atoms with E-state index < -0.39 is 6.04 Å². The molecule has 0 aliphatic carbocycles. The molecular formula is C25H31Cl2N7O3S. The summed E-state index contributed by atoms with van der Waals surface area (Å²) in [6, 6.07) is 6.17. The second kappa shape index (κ2) is 11.5. The van der Waals surface area contributed by atoms with Crippen LogP contribution in [0, 0.1) is 0 Å². The number of piperidine rings is 1. The summed E-state index contributed by atoms with van der Waals surface area (Å²) < 4.78 is 0. The number of thiazole rings is 1. The summed E-state index contributed by atoms with van der Waals surface area (Å²) in [6.07, 6.45) is 1.32. The number of hydrogen-bond acceptors (Lipinski definition) is 6. The normalized spacial score (nSPS) is 19.4.